The normalized spacial score (nSPS) is 12.6. The minimum absolute atomic E-state index is 0.129. The lowest BCUT2D eigenvalue weighted by atomic mass is 10.0. The van der Waals surface area contributed by atoms with Crippen LogP contribution in [0.3, 0.4) is 0 Å². The summed E-state index contributed by atoms with van der Waals surface area (Å²) in [6.45, 7) is 2.15. The summed E-state index contributed by atoms with van der Waals surface area (Å²) < 4.78 is 1.14. The molecule has 0 amide bonds. The molecule has 17 heavy (non-hydrogen) atoms. The van der Waals surface area contributed by atoms with Gasteiger partial charge in [-0.25, -0.2) is 0 Å². The summed E-state index contributed by atoms with van der Waals surface area (Å²) in [5, 5.41) is 2.08. The fraction of sp³-hybridized carbons (Fsp3) is 0.286. The van der Waals surface area contributed by atoms with E-state index in [4.69, 9.17) is 5.73 Å². The van der Waals surface area contributed by atoms with Crippen molar-refractivity contribution in [1.82, 2.24) is 0 Å². The molecule has 0 bridgehead atoms. The molecule has 0 radical (unpaired) electrons. The van der Waals surface area contributed by atoms with Gasteiger partial charge in [0.2, 0.25) is 0 Å². The van der Waals surface area contributed by atoms with E-state index in [0.29, 0.717) is 0 Å². The summed E-state index contributed by atoms with van der Waals surface area (Å²) in [5.41, 5.74) is 8.97. The smallest absolute Gasteiger partial charge is 0.0404 e. The van der Waals surface area contributed by atoms with Crippen LogP contribution in [0.4, 0.5) is 0 Å². The maximum atomic E-state index is 6.22. The van der Waals surface area contributed by atoms with E-state index in [1.54, 1.807) is 11.3 Å². The van der Waals surface area contributed by atoms with Crippen LogP contribution in [0.2, 0.25) is 0 Å². The van der Waals surface area contributed by atoms with E-state index in [9.17, 15) is 0 Å². The van der Waals surface area contributed by atoms with E-state index < -0.39 is 0 Å². The fourth-order valence-corrected chi connectivity index (χ4v) is 3.61. The molecule has 3 heteroatoms. The second kappa shape index (κ2) is 5.80. The first-order valence-corrected chi connectivity index (χ1v) is 7.38. The van der Waals surface area contributed by atoms with Crippen molar-refractivity contribution in [3.05, 3.63) is 56.2 Å². The van der Waals surface area contributed by atoms with Gasteiger partial charge in [0.05, 0.1) is 0 Å². The number of thiophene rings is 1. The van der Waals surface area contributed by atoms with Gasteiger partial charge in [-0.05, 0) is 58.3 Å². The molecule has 1 aromatic carbocycles. The van der Waals surface area contributed by atoms with Crippen molar-refractivity contribution in [3.8, 4) is 0 Å². The van der Waals surface area contributed by atoms with Crippen LogP contribution < -0.4 is 5.73 Å². The molecule has 90 valence electrons. The summed E-state index contributed by atoms with van der Waals surface area (Å²) in [6.07, 6.45) is 2.03. The van der Waals surface area contributed by atoms with Crippen molar-refractivity contribution in [3.63, 3.8) is 0 Å². The number of halogens is 1. The zero-order valence-corrected chi connectivity index (χ0v) is 12.2. The summed E-state index contributed by atoms with van der Waals surface area (Å²) in [7, 11) is 0. The highest BCUT2D eigenvalue weighted by atomic mass is 79.9. The third-order valence-corrected chi connectivity index (χ3v) is 4.97. The van der Waals surface area contributed by atoms with Gasteiger partial charge in [-0.15, -0.1) is 11.3 Å². The third-order valence-electron chi connectivity index (χ3n) is 2.97. The van der Waals surface area contributed by atoms with Gasteiger partial charge in [-0.1, -0.05) is 24.3 Å². The summed E-state index contributed by atoms with van der Waals surface area (Å²) in [6, 6.07) is 10.7. The summed E-state index contributed by atoms with van der Waals surface area (Å²) >= 11 is 5.26. The van der Waals surface area contributed by atoms with Gasteiger partial charge in [0.1, 0.15) is 0 Å². The number of benzene rings is 1. The molecule has 0 aliphatic heterocycles. The van der Waals surface area contributed by atoms with E-state index >= 15 is 0 Å². The predicted octanol–water partition coefficient (Wildman–Crippen LogP) is 4.45. The van der Waals surface area contributed by atoms with Crippen LogP contribution in [0.1, 0.15) is 28.5 Å². The molecule has 1 nitrogen and oxygen atoms in total. The van der Waals surface area contributed by atoms with E-state index in [1.165, 1.54) is 16.0 Å². The van der Waals surface area contributed by atoms with Gasteiger partial charge in [-0.2, -0.15) is 0 Å². The molecule has 0 aliphatic rings. The molecule has 0 spiro atoms. The Bertz CT molecular complexity index is 492. The highest BCUT2D eigenvalue weighted by Crippen LogP contribution is 2.30. The van der Waals surface area contributed by atoms with Crippen molar-refractivity contribution < 1.29 is 0 Å². The lowest BCUT2D eigenvalue weighted by molar-refractivity contribution is 0.658. The second-order valence-electron chi connectivity index (χ2n) is 4.20. The molecule has 1 aromatic heterocycles. The lowest BCUT2D eigenvalue weighted by Gasteiger charge is -2.11. The highest BCUT2D eigenvalue weighted by molar-refractivity contribution is 9.10. The number of hydrogen-bond acceptors (Lipinski definition) is 2. The quantitative estimate of drug-likeness (QED) is 0.887. The third kappa shape index (κ3) is 3.18. The maximum Gasteiger partial charge on any atom is 0.0404 e. The van der Waals surface area contributed by atoms with Crippen molar-refractivity contribution in [2.75, 3.05) is 0 Å². The number of aryl methyl sites for hydroxylation is 2. The molecular weight excluding hydrogens is 294 g/mol. The van der Waals surface area contributed by atoms with Crippen molar-refractivity contribution in [1.29, 1.82) is 0 Å². The molecule has 0 saturated carbocycles. The number of rotatable bonds is 4. The van der Waals surface area contributed by atoms with E-state index in [-0.39, 0.29) is 6.04 Å². The van der Waals surface area contributed by atoms with Gasteiger partial charge in [0.15, 0.2) is 0 Å². The van der Waals surface area contributed by atoms with Crippen LogP contribution >= 0.6 is 27.3 Å². The molecule has 2 N–H and O–H groups in total. The molecule has 1 unspecified atom stereocenters. The van der Waals surface area contributed by atoms with Gasteiger partial charge in [0, 0.05) is 15.4 Å². The number of hydrogen-bond donors (Lipinski definition) is 1. The van der Waals surface area contributed by atoms with Gasteiger partial charge in [0.25, 0.3) is 0 Å². The van der Waals surface area contributed by atoms with Crippen LogP contribution in [0, 0.1) is 6.92 Å². The first-order chi connectivity index (χ1) is 8.18. The summed E-state index contributed by atoms with van der Waals surface area (Å²) in [5.74, 6) is 0. The Balaban J connectivity index is 2.00. The Kier molecular flexibility index (Phi) is 4.37. The fourth-order valence-electron chi connectivity index (χ4n) is 1.90. The van der Waals surface area contributed by atoms with Gasteiger partial charge >= 0.3 is 0 Å². The van der Waals surface area contributed by atoms with Crippen LogP contribution in [0.25, 0.3) is 0 Å². The first-order valence-electron chi connectivity index (χ1n) is 5.71. The van der Waals surface area contributed by atoms with Crippen LogP contribution in [-0.4, -0.2) is 0 Å². The van der Waals surface area contributed by atoms with Crippen molar-refractivity contribution in [2.45, 2.75) is 25.8 Å². The highest BCUT2D eigenvalue weighted by Gasteiger charge is 2.11. The molecular formula is C14H16BrNS. The Morgan fingerprint density at radius 2 is 2.06 bits per heavy atom. The predicted molar refractivity (Wildman–Crippen MR) is 78.4 cm³/mol. The molecule has 0 aliphatic carbocycles. The zero-order chi connectivity index (χ0) is 12.3. The Morgan fingerprint density at radius 1 is 1.29 bits per heavy atom. The monoisotopic (exact) mass is 309 g/mol. The SMILES string of the molecule is Cc1ccccc1CCC(N)c1sccc1Br. The van der Waals surface area contributed by atoms with Gasteiger partial charge < -0.3 is 5.73 Å². The standard InChI is InChI=1S/C14H16BrNS/c1-10-4-2-3-5-11(10)6-7-13(16)14-12(15)8-9-17-14/h2-5,8-9,13H,6-7,16H2,1H3. The molecule has 1 heterocycles. The maximum absolute atomic E-state index is 6.22. The Labute approximate surface area is 115 Å². The number of nitrogens with two attached hydrogens (primary N) is 1. The average Bonchev–Trinajstić information content (AvgIpc) is 2.74. The van der Waals surface area contributed by atoms with Crippen molar-refractivity contribution in [2.24, 2.45) is 5.73 Å². The van der Waals surface area contributed by atoms with E-state index in [0.717, 1.165) is 17.3 Å². The molecule has 0 fully saturated rings. The second-order valence-corrected chi connectivity index (χ2v) is 6.01. The zero-order valence-electron chi connectivity index (χ0n) is 9.82. The molecule has 0 saturated heterocycles. The average molecular weight is 310 g/mol. The minimum Gasteiger partial charge on any atom is -0.323 e. The largest absolute Gasteiger partial charge is 0.323 e. The van der Waals surface area contributed by atoms with Crippen molar-refractivity contribution >= 4 is 27.3 Å². The summed E-state index contributed by atoms with van der Waals surface area (Å²) in [4.78, 5) is 1.25. The lowest BCUT2D eigenvalue weighted by Crippen LogP contribution is -2.10. The Morgan fingerprint density at radius 3 is 2.71 bits per heavy atom. The topological polar surface area (TPSA) is 26.0 Å². The molecule has 2 rings (SSSR count). The van der Waals surface area contributed by atoms with E-state index in [1.807, 2.05) is 0 Å². The molecule has 2 aromatic rings. The van der Waals surface area contributed by atoms with Gasteiger partial charge in [-0.3, -0.25) is 0 Å². The first kappa shape index (κ1) is 12.8. The van der Waals surface area contributed by atoms with Crippen LogP contribution in [-0.2, 0) is 6.42 Å². The van der Waals surface area contributed by atoms with Crippen LogP contribution in [0.15, 0.2) is 40.2 Å². The Hall–Kier alpha value is -0.640. The molecule has 1 atom stereocenters. The van der Waals surface area contributed by atoms with Crippen LogP contribution in [0.5, 0.6) is 0 Å². The van der Waals surface area contributed by atoms with E-state index in [2.05, 4.69) is 58.6 Å². The minimum atomic E-state index is 0.129.